The summed E-state index contributed by atoms with van der Waals surface area (Å²) in [7, 11) is 1.50. The lowest BCUT2D eigenvalue weighted by Gasteiger charge is -2.15. The first-order valence-corrected chi connectivity index (χ1v) is 5.24. The van der Waals surface area contributed by atoms with Gasteiger partial charge in [0.25, 0.3) is 0 Å². The molecule has 0 fully saturated rings. The Morgan fingerprint density at radius 2 is 2.20 bits per heavy atom. The van der Waals surface area contributed by atoms with Gasteiger partial charge >= 0.3 is 0 Å². The van der Waals surface area contributed by atoms with Crippen molar-refractivity contribution in [2.75, 3.05) is 13.7 Å². The first kappa shape index (κ1) is 12.4. The summed E-state index contributed by atoms with van der Waals surface area (Å²) in [6, 6.07) is 3.11. The van der Waals surface area contributed by atoms with E-state index in [4.69, 9.17) is 10.6 Å². The van der Waals surface area contributed by atoms with E-state index < -0.39 is 0 Å². The van der Waals surface area contributed by atoms with Crippen LogP contribution < -0.4 is 10.6 Å². The van der Waals surface area contributed by atoms with Crippen LogP contribution in [0, 0.1) is 5.82 Å². The van der Waals surface area contributed by atoms with E-state index in [1.165, 1.54) is 13.2 Å². The molecule has 0 amide bonds. The molecule has 1 unspecified atom stereocenters. The molecule has 0 bridgehead atoms. The summed E-state index contributed by atoms with van der Waals surface area (Å²) in [4.78, 5) is 4.51. The molecule has 0 aliphatic rings. The number of hydrogen-bond donors (Lipinski definition) is 1. The maximum absolute atomic E-state index is 13.7. The molecule has 0 radical (unpaired) electrons. The van der Waals surface area contributed by atoms with Crippen molar-refractivity contribution in [2.45, 2.75) is 12.8 Å². The van der Waals surface area contributed by atoms with Gasteiger partial charge in [-0.25, -0.2) is 10.3 Å². The molecule has 1 rings (SSSR count). The highest BCUT2D eigenvalue weighted by Crippen LogP contribution is 2.32. The Balaban J connectivity index is 3.14. The van der Waals surface area contributed by atoms with Crippen LogP contribution in [0.1, 0.15) is 18.4 Å². The Morgan fingerprint density at radius 1 is 1.53 bits per heavy atom. The second kappa shape index (κ2) is 5.44. The van der Waals surface area contributed by atoms with Crippen LogP contribution in [0.2, 0.25) is 0 Å². The maximum atomic E-state index is 13.7. The Hall–Kier alpha value is -0.650. The molecular formula is C10H13BrFNO2. The van der Waals surface area contributed by atoms with Gasteiger partial charge in [0.15, 0.2) is 0 Å². The second-order valence-corrected chi connectivity index (χ2v) is 4.15. The van der Waals surface area contributed by atoms with Gasteiger partial charge in [-0.15, -0.1) is 0 Å². The van der Waals surface area contributed by atoms with E-state index in [1.807, 2.05) is 6.92 Å². The van der Waals surface area contributed by atoms with Crippen molar-refractivity contribution < 1.29 is 14.0 Å². The fraction of sp³-hybridized carbons (Fsp3) is 0.400. The van der Waals surface area contributed by atoms with Crippen LogP contribution in [0.5, 0.6) is 5.75 Å². The molecular weight excluding hydrogens is 265 g/mol. The van der Waals surface area contributed by atoms with Crippen LogP contribution in [0.4, 0.5) is 4.39 Å². The third-order valence-corrected chi connectivity index (χ3v) is 2.57. The van der Waals surface area contributed by atoms with Crippen LogP contribution in [-0.2, 0) is 4.84 Å². The summed E-state index contributed by atoms with van der Waals surface area (Å²) in [6.07, 6.45) is 0. The third kappa shape index (κ3) is 2.90. The predicted octanol–water partition coefficient (Wildman–Crippen LogP) is 2.59. The summed E-state index contributed by atoms with van der Waals surface area (Å²) in [5, 5.41) is 0. The molecule has 1 atom stereocenters. The Labute approximate surface area is 96.4 Å². The van der Waals surface area contributed by atoms with Gasteiger partial charge in [0.2, 0.25) is 0 Å². The van der Waals surface area contributed by atoms with Gasteiger partial charge in [-0.1, -0.05) is 22.9 Å². The highest BCUT2D eigenvalue weighted by atomic mass is 79.9. The van der Waals surface area contributed by atoms with Gasteiger partial charge in [0.1, 0.15) is 11.6 Å². The molecule has 0 saturated heterocycles. The van der Waals surface area contributed by atoms with Gasteiger partial charge in [0.05, 0.1) is 13.7 Å². The Bertz CT molecular complexity index is 346. The molecule has 0 spiro atoms. The normalized spacial score (nSPS) is 12.6. The minimum atomic E-state index is -0.328. The van der Waals surface area contributed by atoms with Gasteiger partial charge in [-0.2, -0.15) is 0 Å². The summed E-state index contributed by atoms with van der Waals surface area (Å²) in [5.41, 5.74) is 0.478. The van der Waals surface area contributed by atoms with Crippen LogP contribution in [0.25, 0.3) is 0 Å². The number of nitrogens with two attached hydrogens (primary N) is 1. The highest BCUT2D eigenvalue weighted by Gasteiger charge is 2.17. The fourth-order valence-corrected chi connectivity index (χ4v) is 1.84. The third-order valence-electron chi connectivity index (χ3n) is 2.12. The summed E-state index contributed by atoms with van der Waals surface area (Å²) < 4.78 is 19.4. The molecule has 15 heavy (non-hydrogen) atoms. The topological polar surface area (TPSA) is 44.5 Å². The zero-order valence-corrected chi connectivity index (χ0v) is 10.2. The molecule has 84 valence electrons. The number of ether oxygens (including phenoxy) is 1. The monoisotopic (exact) mass is 277 g/mol. The molecule has 0 aliphatic carbocycles. The Kier molecular flexibility index (Phi) is 4.50. The van der Waals surface area contributed by atoms with E-state index in [-0.39, 0.29) is 18.3 Å². The Morgan fingerprint density at radius 3 is 2.73 bits per heavy atom. The lowest BCUT2D eigenvalue weighted by molar-refractivity contribution is 0.125. The summed E-state index contributed by atoms with van der Waals surface area (Å²) in [5.74, 6) is 4.98. The minimum Gasteiger partial charge on any atom is -0.496 e. The van der Waals surface area contributed by atoms with Crippen molar-refractivity contribution in [1.82, 2.24) is 0 Å². The molecule has 1 aromatic carbocycles. The molecule has 0 aliphatic heterocycles. The van der Waals surface area contributed by atoms with Crippen molar-refractivity contribution in [3.63, 3.8) is 0 Å². The van der Waals surface area contributed by atoms with E-state index in [2.05, 4.69) is 20.8 Å². The summed E-state index contributed by atoms with van der Waals surface area (Å²) in [6.45, 7) is 2.07. The van der Waals surface area contributed by atoms with Crippen LogP contribution in [-0.4, -0.2) is 13.7 Å². The van der Waals surface area contributed by atoms with Crippen LogP contribution >= 0.6 is 15.9 Å². The van der Waals surface area contributed by atoms with E-state index in [0.29, 0.717) is 15.8 Å². The molecule has 0 heterocycles. The maximum Gasteiger partial charge on any atom is 0.131 e. The molecule has 3 nitrogen and oxygen atoms in total. The lowest BCUT2D eigenvalue weighted by Crippen LogP contribution is -2.11. The van der Waals surface area contributed by atoms with Crippen molar-refractivity contribution in [3.05, 3.63) is 28.0 Å². The summed E-state index contributed by atoms with van der Waals surface area (Å²) >= 11 is 3.20. The standard InChI is InChI=1S/C10H13BrFNO2/c1-6(5-15-13)10-8(12)3-7(11)4-9(10)14-2/h3-4,6H,5,13H2,1-2H3. The smallest absolute Gasteiger partial charge is 0.131 e. The average Bonchev–Trinajstić information content (AvgIpc) is 2.16. The molecule has 0 saturated carbocycles. The number of halogens is 2. The number of rotatable bonds is 4. The molecule has 5 heteroatoms. The van der Waals surface area contributed by atoms with E-state index in [1.54, 1.807) is 6.07 Å². The first-order chi connectivity index (χ1) is 7.10. The largest absolute Gasteiger partial charge is 0.496 e. The van der Waals surface area contributed by atoms with Crippen molar-refractivity contribution in [3.8, 4) is 5.75 Å². The second-order valence-electron chi connectivity index (χ2n) is 3.24. The minimum absolute atomic E-state index is 0.155. The number of benzene rings is 1. The molecule has 2 N–H and O–H groups in total. The zero-order valence-electron chi connectivity index (χ0n) is 8.59. The van der Waals surface area contributed by atoms with Crippen molar-refractivity contribution in [1.29, 1.82) is 0 Å². The van der Waals surface area contributed by atoms with Crippen molar-refractivity contribution >= 4 is 15.9 Å². The van der Waals surface area contributed by atoms with Crippen molar-refractivity contribution in [2.24, 2.45) is 5.90 Å². The quantitative estimate of drug-likeness (QED) is 0.861. The predicted molar refractivity (Wildman–Crippen MR) is 59.2 cm³/mol. The van der Waals surface area contributed by atoms with Crippen LogP contribution in [0.3, 0.4) is 0 Å². The molecule has 0 aromatic heterocycles. The van der Waals surface area contributed by atoms with E-state index >= 15 is 0 Å². The van der Waals surface area contributed by atoms with Gasteiger partial charge in [-0.3, -0.25) is 0 Å². The number of methoxy groups -OCH3 is 1. The first-order valence-electron chi connectivity index (χ1n) is 4.44. The average molecular weight is 278 g/mol. The zero-order chi connectivity index (χ0) is 11.4. The van der Waals surface area contributed by atoms with Gasteiger partial charge < -0.3 is 9.57 Å². The SMILES string of the molecule is COc1cc(Br)cc(F)c1C(C)CON. The van der Waals surface area contributed by atoms with Gasteiger partial charge in [0, 0.05) is 16.0 Å². The number of hydrogen-bond acceptors (Lipinski definition) is 3. The van der Waals surface area contributed by atoms with Crippen LogP contribution in [0.15, 0.2) is 16.6 Å². The lowest BCUT2D eigenvalue weighted by atomic mass is 10.0. The van der Waals surface area contributed by atoms with E-state index in [9.17, 15) is 4.39 Å². The fourth-order valence-electron chi connectivity index (χ4n) is 1.44. The van der Waals surface area contributed by atoms with E-state index in [0.717, 1.165) is 0 Å². The molecule has 1 aromatic rings. The highest BCUT2D eigenvalue weighted by molar-refractivity contribution is 9.10. The van der Waals surface area contributed by atoms with Gasteiger partial charge in [-0.05, 0) is 12.1 Å².